The first kappa shape index (κ1) is 16.6. The van der Waals surface area contributed by atoms with E-state index in [1.165, 1.54) is 17.0 Å². The Morgan fingerprint density at radius 3 is 2.78 bits per heavy atom. The first-order valence-electron chi connectivity index (χ1n) is 7.07. The largest absolute Gasteiger partial charge is 0.395 e. The second-order valence-electron chi connectivity index (χ2n) is 5.07. The van der Waals surface area contributed by atoms with Crippen LogP contribution in [-0.4, -0.2) is 39.0 Å². The minimum atomic E-state index is -0.534. The monoisotopic (exact) mass is 315 g/mol. The molecule has 0 aliphatic rings. The van der Waals surface area contributed by atoms with Crippen molar-refractivity contribution in [1.29, 1.82) is 0 Å². The summed E-state index contributed by atoms with van der Waals surface area (Å²) in [6.07, 6.45) is 3.27. The molecule has 0 radical (unpaired) electrons. The molecule has 0 fully saturated rings. The highest BCUT2D eigenvalue weighted by Crippen LogP contribution is 2.19. The summed E-state index contributed by atoms with van der Waals surface area (Å²) in [4.78, 5) is 28.5. The van der Waals surface area contributed by atoms with Gasteiger partial charge < -0.3 is 10.0 Å². The maximum Gasteiger partial charge on any atom is 0.270 e. The molecule has 0 atom stereocenters. The fraction of sp³-hybridized carbons (Fsp3) is 0.250. The second kappa shape index (κ2) is 7.46. The molecular formula is C16H17N3O4. The first-order chi connectivity index (χ1) is 11.0. The van der Waals surface area contributed by atoms with E-state index < -0.39 is 4.92 Å². The van der Waals surface area contributed by atoms with Crippen molar-refractivity contribution in [2.75, 3.05) is 13.2 Å². The third kappa shape index (κ3) is 4.10. The number of carbonyl (C=O) groups excluding carboxylic acids is 1. The highest BCUT2D eigenvalue weighted by atomic mass is 16.6. The fourth-order valence-corrected chi connectivity index (χ4v) is 2.21. The van der Waals surface area contributed by atoms with E-state index in [0.29, 0.717) is 5.56 Å². The van der Waals surface area contributed by atoms with Gasteiger partial charge in [-0.05, 0) is 24.1 Å². The van der Waals surface area contributed by atoms with E-state index in [9.17, 15) is 20.0 Å². The molecule has 1 amide bonds. The number of aliphatic hydroxyl groups excluding tert-OH is 1. The van der Waals surface area contributed by atoms with Gasteiger partial charge in [-0.2, -0.15) is 0 Å². The molecule has 0 saturated carbocycles. The Balaban J connectivity index is 2.30. The predicted molar refractivity (Wildman–Crippen MR) is 83.9 cm³/mol. The Kier molecular flexibility index (Phi) is 5.37. The van der Waals surface area contributed by atoms with Crippen LogP contribution in [0.5, 0.6) is 0 Å². The normalized spacial score (nSPS) is 10.3. The van der Waals surface area contributed by atoms with Crippen molar-refractivity contribution in [2.45, 2.75) is 13.5 Å². The van der Waals surface area contributed by atoms with Crippen molar-refractivity contribution in [3.8, 4) is 0 Å². The molecule has 23 heavy (non-hydrogen) atoms. The summed E-state index contributed by atoms with van der Waals surface area (Å²) in [5.74, 6) is -0.357. The van der Waals surface area contributed by atoms with Gasteiger partial charge in [-0.15, -0.1) is 0 Å². The number of nitro groups is 1. The number of non-ortho nitro benzene ring substituents is 1. The number of carbonyl (C=O) groups is 1. The lowest BCUT2D eigenvalue weighted by Gasteiger charge is -2.22. The van der Waals surface area contributed by atoms with Gasteiger partial charge in [-0.3, -0.25) is 19.9 Å². The topological polar surface area (TPSA) is 96.6 Å². The van der Waals surface area contributed by atoms with Crippen molar-refractivity contribution < 1.29 is 14.8 Å². The van der Waals surface area contributed by atoms with Crippen LogP contribution in [0.25, 0.3) is 0 Å². The maximum atomic E-state index is 12.7. The lowest BCUT2D eigenvalue weighted by Crippen LogP contribution is -2.33. The number of aromatic nitrogens is 1. The van der Waals surface area contributed by atoms with Crippen molar-refractivity contribution in [3.05, 3.63) is 69.5 Å². The lowest BCUT2D eigenvalue weighted by molar-refractivity contribution is -0.384. The molecule has 1 aromatic heterocycles. The molecule has 0 spiro atoms. The van der Waals surface area contributed by atoms with Gasteiger partial charge in [-0.25, -0.2) is 0 Å². The molecule has 7 nitrogen and oxygen atoms in total. The molecule has 0 saturated heterocycles. The molecule has 0 aliphatic carbocycles. The molecule has 1 heterocycles. The molecule has 2 rings (SSSR count). The summed E-state index contributed by atoms with van der Waals surface area (Å²) in [5, 5.41) is 20.1. The Morgan fingerprint density at radius 1 is 1.39 bits per heavy atom. The Labute approximate surface area is 133 Å². The Bertz CT molecular complexity index is 704. The van der Waals surface area contributed by atoms with E-state index in [2.05, 4.69) is 4.98 Å². The molecule has 120 valence electrons. The van der Waals surface area contributed by atoms with E-state index in [1.54, 1.807) is 31.5 Å². The van der Waals surface area contributed by atoms with E-state index in [0.717, 1.165) is 5.56 Å². The van der Waals surface area contributed by atoms with Crippen LogP contribution in [0.3, 0.4) is 0 Å². The van der Waals surface area contributed by atoms with Gasteiger partial charge in [-0.1, -0.05) is 12.1 Å². The average molecular weight is 315 g/mol. The van der Waals surface area contributed by atoms with Crippen molar-refractivity contribution in [2.24, 2.45) is 0 Å². The number of aliphatic hydroxyl groups is 1. The van der Waals surface area contributed by atoms with Gasteiger partial charge in [0.25, 0.3) is 11.6 Å². The Hall–Kier alpha value is -2.80. The SMILES string of the molecule is Cc1ccc([N+](=O)[O-])cc1C(=O)N(CCO)Cc1cccnc1. The number of pyridine rings is 1. The van der Waals surface area contributed by atoms with Crippen LogP contribution in [0.15, 0.2) is 42.7 Å². The van der Waals surface area contributed by atoms with Crippen LogP contribution in [0.1, 0.15) is 21.5 Å². The number of benzene rings is 1. The first-order valence-corrected chi connectivity index (χ1v) is 7.07. The number of hydrogen-bond acceptors (Lipinski definition) is 5. The number of hydrogen-bond donors (Lipinski definition) is 1. The van der Waals surface area contributed by atoms with Crippen molar-refractivity contribution in [3.63, 3.8) is 0 Å². The van der Waals surface area contributed by atoms with Gasteiger partial charge >= 0.3 is 0 Å². The predicted octanol–water partition coefficient (Wildman–Crippen LogP) is 1.93. The second-order valence-corrected chi connectivity index (χ2v) is 5.07. The third-order valence-electron chi connectivity index (χ3n) is 3.42. The maximum absolute atomic E-state index is 12.7. The minimum Gasteiger partial charge on any atom is -0.395 e. The van der Waals surface area contributed by atoms with Crippen LogP contribution >= 0.6 is 0 Å². The standard InChI is InChI=1S/C16H17N3O4/c1-12-4-5-14(19(22)23)9-15(12)16(21)18(7-8-20)11-13-3-2-6-17-10-13/h2-6,9-10,20H,7-8,11H2,1H3. The molecule has 0 unspecified atom stereocenters. The summed E-state index contributed by atoms with van der Waals surface area (Å²) in [6.45, 7) is 1.93. The smallest absolute Gasteiger partial charge is 0.270 e. The van der Waals surface area contributed by atoms with Crippen LogP contribution in [-0.2, 0) is 6.54 Å². The van der Waals surface area contributed by atoms with Gasteiger partial charge in [0.05, 0.1) is 11.5 Å². The van der Waals surface area contributed by atoms with Gasteiger partial charge in [0.15, 0.2) is 0 Å². The van der Waals surface area contributed by atoms with Crippen molar-refractivity contribution in [1.82, 2.24) is 9.88 Å². The number of nitrogens with zero attached hydrogens (tertiary/aromatic N) is 3. The van der Waals surface area contributed by atoms with E-state index in [-0.39, 0.29) is 36.9 Å². The summed E-state index contributed by atoms with van der Waals surface area (Å²) in [7, 11) is 0. The third-order valence-corrected chi connectivity index (χ3v) is 3.42. The summed E-state index contributed by atoms with van der Waals surface area (Å²) < 4.78 is 0. The lowest BCUT2D eigenvalue weighted by atomic mass is 10.1. The van der Waals surface area contributed by atoms with Crippen LogP contribution < -0.4 is 0 Å². The minimum absolute atomic E-state index is 0.135. The highest BCUT2D eigenvalue weighted by molar-refractivity contribution is 5.96. The number of amides is 1. The Morgan fingerprint density at radius 2 is 2.17 bits per heavy atom. The summed E-state index contributed by atoms with van der Waals surface area (Å²) in [6, 6.07) is 7.77. The zero-order valence-electron chi connectivity index (χ0n) is 12.7. The molecule has 1 N–H and O–H groups in total. The zero-order chi connectivity index (χ0) is 16.8. The number of aryl methyl sites for hydroxylation is 1. The van der Waals surface area contributed by atoms with E-state index in [4.69, 9.17) is 0 Å². The summed E-state index contributed by atoms with van der Waals surface area (Å²) in [5.41, 5.74) is 1.59. The van der Waals surface area contributed by atoms with Gasteiger partial charge in [0.1, 0.15) is 0 Å². The molecule has 1 aromatic carbocycles. The van der Waals surface area contributed by atoms with Crippen LogP contribution in [0.4, 0.5) is 5.69 Å². The highest BCUT2D eigenvalue weighted by Gasteiger charge is 2.20. The molecule has 7 heteroatoms. The fourth-order valence-electron chi connectivity index (χ4n) is 2.21. The molecule has 0 aliphatic heterocycles. The van der Waals surface area contributed by atoms with E-state index in [1.807, 2.05) is 6.07 Å². The summed E-state index contributed by atoms with van der Waals surface area (Å²) >= 11 is 0. The zero-order valence-corrected chi connectivity index (χ0v) is 12.7. The van der Waals surface area contributed by atoms with Gasteiger partial charge in [0.2, 0.25) is 0 Å². The van der Waals surface area contributed by atoms with E-state index >= 15 is 0 Å². The van der Waals surface area contributed by atoms with Crippen LogP contribution in [0.2, 0.25) is 0 Å². The van der Waals surface area contributed by atoms with Crippen molar-refractivity contribution >= 4 is 11.6 Å². The number of rotatable bonds is 6. The molecule has 0 bridgehead atoms. The molecular weight excluding hydrogens is 298 g/mol. The molecule has 2 aromatic rings. The quantitative estimate of drug-likeness (QED) is 0.649. The van der Waals surface area contributed by atoms with Crippen LogP contribution in [0, 0.1) is 17.0 Å². The van der Waals surface area contributed by atoms with Gasteiger partial charge in [0, 0.05) is 43.2 Å². The number of nitro benzene ring substituents is 1. The average Bonchev–Trinajstić information content (AvgIpc) is 2.55.